The van der Waals surface area contributed by atoms with Gasteiger partial charge in [-0.25, -0.2) is 4.79 Å². The highest BCUT2D eigenvalue weighted by Gasteiger charge is 2.33. The van der Waals surface area contributed by atoms with E-state index >= 15 is 0 Å². The summed E-state index contributed by atoms with van der Waals surface area (Å²) in [5, 5.41) is 0. The van der Waals surface area contributed by atoms with Crippen molar-refractivity contribution in [1.29, 1.82) is 0 Å². The van der Waals surface area contributed by atoms with E-state index in [-0.39, 0.29) is 31.6 Å². The average Bonchev–Trinajstić information content (AvgIpc) is 2.63. The molecule has 1 aromatic carbocycles. The van der Waals surface area contributed by atoms with Crippen molar-refractivity contribution in [2.75, 3.05) is 33.7 Å². The Morgan fingerprint density at radius 3 is 2.72 bits per heavy atom. The third kappa shape index (κ3) is 6.65. The van der Waals surface area contributed by atoms with E-state index < -0.39 is 0 Å². The zero-order chi connectivity index (χ0) is 17.9. The van der Waals surface area contributed by atoms with Crippen LogP contribution in [-0.4, -0.2) is 56.8 Å². The Hall–Kier alpha value is -1.63. The number of likely N-dealkylation sites (tertiary alicyclic amines) is 1. The second-order valence-electron chi connectivity index (χ2n) is 6.27. The van der Waals surface area contributed by atoms with Gasteiger partial charge in [-0.1, -0.05) is 30.3 Å². The minimum atomic E-state index is -0.273. The first kappa shape index (κ1) is 19.7. The molecule has 6 nitrogen and oxygen atoms in total. The molecule has 2 atom stereocenters. The molecule has 6 heteroatoms. The number of carbonyl (C=O) groups is 1. The molecule has 1 saturated heterocycles. The van der Waals surface area contributed by atoms with Crippen LogP contribution in [0.15, 0.2) is 30.3 Å². The molecule has 1 heterocycles. The molecule has 140 valence electrons. The number of benzene rings is 1. The lowest BCUT2D eigenvalue weighted by Gasteiger charge is -2.39. The molecule has 1 fully saturated rings. The van der Waals surface area contributed by atoms with E-state index in [1.165, 1.54) is 0 Å². The SMILES string of the molecule is COCCOCOC[C@@H]1CCC[C@H](C)N1C(=O)OCc1ccccc1. The maximum Gasteiger partial charge on any atom is 0.410 e. The van der Waals surface area contributed by atoms with Gasteiger partial charge in [0.15, 0.2) is 0 Å². The number of nitrogens with zero attached hydrogens (tertiary/aromatic N) is 1. The molecule has 25 heavy (non-hydrogen) atoms. The lowest BCUT2D eigenvalue weighted by molar-refractivity contribution is -0.0854. The third-order valence-electron chi connectivity index (χ3n) is 4.35. The van der Waals surface area contributed by atoms with E-state index in [1.807, 2.05) is 35.2 Å². The van der Waals surface area contributed by atoms with Crippen LogP contribution in [0.5, 0.6) is 0 Å². The van der Waals surface area contributed by atoms with Crippen LogP contribution in [0.25, 0.3) is 0 Å². The minimum absolute atomic E-state index is 0.0260. The topological polar surface area (TPSA) is 57.2 Å². The Morgan fingerprint density at radius 1 is 1.16 bits per heavy atom. The van der Waals surface area contributed by atoms with E-state index in [0.29, 0.717) is 19.8 Å². The smallest absolute Gasteiger partial charge is 0.410 e. The third-order valence-corrected chi connectivity index (χ3v) is 4.35. The number of ether oxygens (including phenoxy) is 4. The summed E-state index contributed by atoms with van der Waals surface area (Å²) in [5.41, 5.74) is 0.986. The van der Waals surface area contributed by atoms with Crippen molar-refractivity contribution in [3.8, 4) is 0 Å². The highest BCUT2D eigenvalue weighted by Crippen LogP contribution is 2.24. The molecule has 0 aliphatic carbocycles. The lowest BCUT2D eigenvalue weighted by Crippen LogP contribution is -2.51. The number of amides is 1. The monoisotopic (exact) mass is 351 g/mol. The van der Waals surface area contributed by atoms with E-state index in [2.05, 4.69) is 6.92 Å². The number of rotatable bonds is 9. The Morgan fingerprint density at radius 2 is 1.96 bits per heavy atom. The van der Waals surface area contributed by atoms with Crippen molar-refractivity contribution in [3.05, 3.63) is 35.9 Å². The van der Waals surface area contributed by atoms with Gasteiger partial charge in [-0.15, -0.1) is 0 Å². The van der Waals surface area contributed by atoms with Crippen LogP contribution < -0.4 is 0 Å². The molecule has 1 aromatic rings. The zero-order valence-electron chi connectivity index (χ0n) is 15.2. The predicted octanol–water partition coefficient (Wildman–Crippen LogP) is 3.20. The Kier molecular flexibility index (Phi) is 8.72. The highest BCUT2D eigenvalue weighted by molar-refractivity contribution is 5.68. The Balaban J connectivity index is 1.80. The van der Waals surface area contributed by atoms with Gasteiger partial charge in [-0.2, -0.15) is 0 Å². The summed E-state index contributed by atoms with van der Waals surface area (Å²) < 4.78 is 21.3. The molecule has 1 aliphatic heterocycles. The molecule has 2 rings (SSSR count). The number of carbonyl (C=O) groups excluding carboxylic acids is 1. The van der Waals surface area contributed by atoms with Gasteiger partial charge < -0.3 is 23.8 Å². The Labute approximate surface area is 150 Å². The van der Waals surface area contributed by atoms with Crippen LogP contribution in [0.2, 0.25) is 0 Å². The summed E-state index contributed by atoms with van der Waals surface area (Å²) >= 11 is 0. The van der Waals surface area contributed by atoms with Crippen molar-refractivity contribution >= 4 is 6.09 Å². The van der Waals surface area contributed by atoms with E-state index in [0.717, 1.165) is 24.8 Å². The fraction of sp³-hybridized carbons (Fsp3) is 0.632. The predicted molar refractivity (Wildman–Crippen MR) is 94.2 cm³/mol. The standard InChI is InChI=1S/C19H29NO5/c1-16-7-6-10-18(14-24-15-23-12-11-22-2)20(16)19(21)25-13-17-8-4-3-5-9-17/h3-5,8-9,16,18H,6-7,10-15H2,1-2H3/t16-,18-/m0/s1. The summed E-state index contributed by atoms with van der Waals surface area (Å²) in [6, 6.07) is 9.90. The van der Waals surface area contributed by atoms with Gasteiger partial charge in [0, 0.05) is 13.2 Å². The fourth-order valence-corrected chi connectivity index (χ4v) is 3.02. The lowest BCUT2D eigenvalue weighted by atomic mass is 9.97. The summed E-state index contributed by atoms with van der Waals surface area (Å²) in [6.07, 6.45) is 2.72. The number of hydrogen-bond donors (Lipinski definition) is 0. The van der Waals surface area contributed by atoms with Crippen LogP contribution >= 0.6 is 0 Å². The summed E-state index contributed by atoms with van der Waals surface area (Å²) in [7, 11) is 1.63. The largest absolute Gasteiger partial charge is 0.445 e. The molecule has 0 bridgehead atoms. The van der Waals surface area contributed by atoms with Crippen molar-refractivity contribution in [3.63, 3.8) is 0 Å². The van der Waals surface area contributed by atoms with Crippen LogP contribution in [0.4, 0.5) is 4.79 Å². The van der Waals surface area contributed by atoms with Crippen molar-refractivity contribution in [1.82, 2.24) is 4.90 Å². The maximum atomic E-state index is 12.6. The number of hydrogen-bond acceptors (Lipinski definition) is 5. The molecule has 0 saturated carbocycles. The van der Waals surface area contributed by atoms with Gasteiger partial charge in [-0.05, 0) is 31.7 Å². The Bertz CT molecular complexity index is 496. The zero-order valence-corrected chi connectivity index (χ0v) is 15.2. The van der Waals surface area contributed by atoms with Crippen LogP contribution in [-0.2, 0) is 25.6 Å². The second kappa shape index (κ2) is 11.1. The summed E-state index contributed by atoms with van der Waals surface area (Å²) in [6.45, 7) is 4.06. The molecule has 0 spiro atoms. The quantitative estimate of drug-likeness (QED) is 0.505. The highest BCUT2D eigenvalue weighted by atomic mass is 16.7. The number of methoxy groups -OCH3 is 1. The first-order valence-corrected chi connectivity index (χ1v) is 8.85. The van der Waals surface area contributed by atoms with Crippen molar-refractivity contribution in [2.45, 2.75) is 44.9 Å². The molecule has 1 aliphatic rings. The molecule has 0 N–H and O–H groups in total. The molecule has 1 amide bonds. The van der Waals surface area contributed by atoms with Crippen LogP contribution in [0, 0.1) is 0 Å². The summed E-state index contributed by atoms with van der Waals surface area (Å²) in [5.74, 6) is 0. The molecule has 0 radical (unpaired) electrons. The minimum Gasteiger partial charge on any atom is -0.445 e. The van der Waals surface area contributed by atoms with Gasteiger partial charge in [0.1, 0.15) is 13.4 Å². The van der Waals surface area contributed by atoms with Gasteiger partial charge in [0.2, 0.25) is 0 Å². The van der Waals surface area contributed by atoms with Gasteiger partial charge in [-0.3, -0.25) is 0 Å². The number of piperidine rings is 1. The summed E-state index contributed by atoms with van der Waals surface area (Å²) in [4.78, 5) is 14.4. The van der Waals surface area contributed by atoms with Gasteiger partial charge in [0.25, 0.3) is 0 Å². The normalized spacial score (nSPS) is 20.5. The maximum absolute atomic E-state index is 12.6. The second-order valence-corrected chi connectivity index (χ2v) is 6.27. The van der Waals surface area contributed by atoms with Crippen LogP contribution in [0.1, 0.15) is 31.7 Å². The molecule has 0 unspecified atom stereocenters. The fourth-order valence-electron chi connectivity index (χ4n) is 3.02. The van der Waals surface area contributed by atoms with E-state index in [9.17, 15) is 4.79 Å². The van der Waals surface area contributed by atoms with Crippen LogP contribution in [0.3, 0.4) is 0 Å². The van der Waals surface area contributed by atoms with E-state index in [1.54, 1.807) is 7.11 Å². The molecular weight excluding hydrogens is 322 g/mol. The first-order chi connectivity index (χ1) is 12.2. The van der Waals surface area contributed by atoms with E-state index in [4.69, 9.17) is 18.9 Å². The van der Waals surface area contributed by atoms with Gasteiger partial charge in [0.05, 0.1) is 25.9 Å². The van der Waals surface area contributed by atoms with Gasteiger partial charge >= 0.3 is 6.09 Å². The molecular formula is C19H29NO5. The van der Waals surface area contributed by atoms with Crippen molar-refractivity contribution < 1.29 is 23.7 Å². The molecule has 0 aromatic heterocycles. The average molecular weight is 351 g/mol. The first-order valence-electron chi connectivity index (χ1n) is 8.85. The van der Waals surface area contributed by atoms with Crippen molar-refractivity contribution in [2.24, 2.45) is 0 Å².